The van der Waals surface area contributed by atoms with E-state index in [-0.39, 0.29) is 146 Å². The van der Waals surface area contributed by atoms with E-state index in [2.05, 4.69) is 138 Å². The van der Waals surface area contributed by atoms with Crippen molar-refractivity contribution in [3.63, 3.8) is 0 Å². The van der Waals surface area contributed by atoms with Gasteiger partial charge >= 0.3 is 138 Å². The van der Waals surface area contributed by atoms with E-state index in [0.29, 0.717) is 5.02 Å². The van der Waals surface area contributed by atoms with Gasteiger partial charge in [0.15, 0.2) is 0 Å². The van der Waals surface area contributed by atoms with Crippen LogP contribution >= 0.6 is 34.3 Å². The van der Waals surface area contributed by atoms with Crippen molar-refractivity contribution in [2.24, 2.45) is 4.99 Å². The van der Waals surface area contributed by atoms with Crippen molar-refractivity contribution >= 4 is 63.2 Å². The van der Waals surface area contributed by atoms with Crippen LogP contribution in [0.25, 0.3) is 70.4 Å². The van der Waals surface area contributed by atoms with Gasteiger partial charge in [-0.05, 0) is 47.5 Å². The molecule has 0 radical (unpaired) electrons. The van der Waals surface area contributed by atoms with Crippen LogP contribution in [0.5, 0.6) is 0 Å². The number of hydrogen-bond donors (Lipinski definition) is 0. The first-order valence-corrected chi connectivity index (χ1v) is 23.7. The van der Waals surface area contributed by atoms with Crippen LogP contribution in [0, 0.1) is 0 Å². The van der Waals surface area contributed by atoms with E-state index >= 15 is 0 Å². The Morgan fingerprint density at radius 2 is 0.972 bits per heavy atom. The van der Waals surface area contributed by atoms with Crippen LogP contribution in [0.1, 0.15) is 12.6 Å². The Morgan fingerprint density at radius 1 is 0.521 bits per heavy atom. The number of hydrogen-bond acceptors (Lipinski definition) is 11. The number of fused-ring (bicyclic) bond motifs is 2. The van der Waals surface area contributed by atoms with Crippen molar-refractivity contribution in [1.29, 1.82) is 0 Å². The number of nitrogens with zero attached hydrogens (tertiary/aromatic N) is 7. The summed E-state index contributed by atoms with van der Waals surface area (Å²) in [6.45, 7) is -0.181. The van der Waals surface area contributed by atoms with Crippen molar-refractivity contribution in [2.75, 3.05) is 0 Å². The molecule has 4 heterocycles. The monoisotopic (exact) mass is 1220 g/mol. The van der Waals surface area contributed by atoms with Crippen molar-refractivity contribution in [3.8, 4) is 59.4 Å². The molecule has 1 aliphatic heterocycles. The molecule has 0 bridgehead atoms. The summed E-state index contributed by atoms with van der Waals surface area (Å²) in [4.78, 5) is 20.9. The van der Waals surface area contributed by atoms with Gasteiger partial charge in [0.1, 0.15) is 25.9 Å². The second-order valence-corrected chi connectivity index (χ2v) is 17.5. The fourth-order valence-electron chi connectivity index (χ4n) is 7.53. The average molecular weight is 1220 g/mol. The second kappa shape index (κ2) is 27.8. The SMILES string of the molecule is Clc1ccccc1-c1nnc(-c2ccccc2)s1.O=CO[O-].[Cs+].[Cs+].[H-].c1ccc(-c2nnc(-c3ccccc3-n3c(-c4ccccc4)nc4ccccc43)s2)cc1.c1ccc(C2=Nc3ccccc3C2)cc1. The van der Waals surface area contributed by atoms with Gasteiger partial charge < -0.3 is 11.6 Å². The molecular weight excluding hydrogens is 1180 g/mol. The van der Waals surface area contributed by atoms with E-state index in [1.807, 2.05) is 115 Å². The summed E-state index contributed by atoms with van der Waals surface area (Å²) in [6.07, 6.45) is 0.959. The predicted molar refractivity (Wildman–Crippen MR) is 278 cm³/mol. The Morgan fingerprint density at radius 3 is 1.55 bits per heavy atom. The number of halogens is 1. The van der Waals surface area contributed by atoms with Gasteiger partial charge in [-0.1, -0.05) is 216 Å². The molecule has 15 heteroatoms. The molecule has 0 unspecified atom stereocenters. The molecule has 0 spiro atoms. The minimum Gasteiger partial charge on any atom is -1.00 e. The molecule has 71 heavy (non-hydrogen) atoms. The second-order valence-electron chi connectivity index (χ2n) is 15.1. The topological polar surface area (TPSA) is 131 Å². The van der Waals surface area contributed by atoms with Gasteiger partial charge in [-0.2, -0.15) is 0 Å². The number of aromatic nitrogens is 6. The number of benzene rings is 8. The number of imidazole rings is 1. The van der Waals surface area contributed by atoms with Crippen LogP contribution in [0.4, 0.5) is 5.69 Å². The minimum atomic E-state index is -0.181. The molecule has 0 amide bonds. The smallest absolute Gasteiger partial charge is 1.00 e. The number of aliphatic imine (C=N–C) groups is 1. The van der Waals surface area contributed by atoms with Crippen LogP contribution in [0.3, 0.4) is 0 Å². The molecule has 1 aliphatic rings. The molecule has 0 atom stereocenters. The number of carbonyl (C=O) groups is 1. The van der Waals surface area contributed by atoms with Crippen LogP contribution in [-0.4, -0.2) is 42.1 Å². The fraction of sp³-hybridized carbons (Fsp3) is 0.0179. The van der Waals surface area contributed by atoms with Gasteiger partial charge in [0.2, 0.25) is 0 Å². The number of carbonyl (C=O) groups excluding carboxylic acids is 1. The van der Waals surface area contributed by atoms with Crippen molar-refractivity contribution < 1.29 is 154 Å². The van der Waals surface area contributed by atoms with Crippen molar-refractivity contribution in [2.45, 2.75) is 6.42 Å². The van der Waals surface area contributed by atoms with Gasteiger partial charge in [0.05, 0.1) is 33.1 Å². The maximum Gasteiger partial charge on any atom is 1.00 e. The maximum atomic E-state index is 8.64. The minimum absolute atomic E-state index is 0. The summed E-state index contributed by atoms with van der Waals surface area (Å²) in [5.41, 5.74) is 13.1. The predicted octanol–water partition coefficient (Wildman–Crippen LogP) is 7.32. The van der Waals surface area contributed by atoms with E-state index < -0.39 is 0 Å². The molecule has 8 aromatic carbocycles. The quantitative estimate of drug-likeness (QED) is 0.0880. The van der Waals surface area contributed by atoms with Gasteiger partial charge in [-0.25, -0.2) is 4.98 Å². The molecule has 0 aliphatic carbocycles. The Balaban J connectivity index is 0.000000180. The van der Waals surface area contributed by atoms with Crippen LogP contribution in [-0.2, 0) is 16.1 Å². The summed E-state index contributed by atoms with van der Waals surface area (Å²) in [5, 5.41) is 30.1. The molecule has 3 aromatic heterocycles. The van der Waals surface area contributed by atoms with Gasteiger partial charge in [0.25, 0.3) is 6.47 Å². The summed E-state index contributed by atoms with van der Waals surface area (Å²) in [6, 6.07) is 73.5. The first kappa shape index (κ1) is 54.6. The van der Waals surface area contributed by atoms with E-state index in [1.165, 1.54) is 16.8 Å². The molecule has 10 nitrogen and oxygen atoms in total. The van der Waals surface area contributed by atoms with Crippen LogP contribution in [0.2, 0.25) is 5.02 Å². The van der Waals surface area contributed by atoms with E-state index in [9.17, 15) is 0 Å². The first-order chi connectivity index (χ1) is 34.1. The molecule has 0 saturated carbocycles. The Labute approximate surface area is 543 Å². The van der Waals surface area contributed by atoms with E-state index in [4.69, 9.17) is 26.6 Å². The molecule has 0 saturated heterocycles. The zero-order valence-electron chi connectivity index (χ0n) is 39.6. The molecule has 12 rings (SSSR count). The van der Waals surface area contributed by atoms with Gasteiger partial charge in [-0.3, -0.25) is 14.4 Å². The zero-order chi connectivity index (χ0) is 47.2. The third-order valence-electron chi connectivity index (χ3n) is 10.7. The summed E-state index contributed by atoms with van der Waals surface area (Å²) >= 11 is 9.30. The third kappa shape index (κ3) is 13.9. The summed E-state index contributed by atoms with van der Waals surface area (Å²) in [5.74, 6) is 0.909. The summed E-state index contributed by atoms with van der Waals surface area (Å²) in [7, 11) is 0. The van der Waals surface area contributed by atoms with Crippen LogP contribution in [0.15, 0.2) is 223 Å². The van der Waals surface area contributed by atoms with E-state index in [0.717, 1.165) is 82.5 Å². The molecule has 0 fully saturated rings. The molecule has 11 aromatic rings. The van der Waals surface area contributed by atoms with Crippen LogP contribution < -0.4 is 143 Å². The van der Waals surface area contributed by atoms with Crippen molar-refractivity contribution in [1.82, 2.24) is 29.9 Å². The standard InChI is InChI=1S/C27H18N4S.C14H9ClN2S.C14H11N.CH2O3.2Cs.H/c1-3-11-19(12-4-1)25-28-22-16-8-10-18-24(22)31(25)23-17-9-7-15-21(23)27-30-29-26(32-27)20-13-5-2-6-14-20;15-12-9-5-4-8-11(12)14-17-16-13(18-14)10-6-2-1-3-7-10;1-2-6-11(7-3-1)14-10-12-8-4-5-9-13(12)15-14;2-1-4-3;;;/h1-18H;1-9H;1-9H,10H2;1,3H;;;/q;;;;2*+1;-1/p-1. The summed E-state index contributed by atoms with van der Waals surface area (Å²) < 4.78 is 2.23. The third-order valence-corrected chi connectivity index (χ3v) is 13.1. The largest absolute Gasteiger partial charge is 1.00 e. The molecule has 0 N–H and O–H groups in total. The molecule has 338 valence electrons. The van der Waals surface area contributed by atoms with Gasteiger partial charge in [-0.15, -0.1) is 20.4 Å². The van der Waals surface area contributed by atoms with Crippen molar-refractivity contribution in [3.05, 3.63) is 235 Å². The first-order valence-electron chi connectivity index (χ1n) is 21.7. The Hall–Kier alpha value is -4.16. The average Bonchev–Trinajstić information content (AvgIpc) is 4.27. The van der Waals surface area contributed by atoms with Gasteiger partial charge in [0, 0.05) is 34.2 Å². The number of rotatable bonds is 8. The Kier molecular flexibility index (Phi) is 21.4. The Bertz CT molecular complexity index is 3480. The maximum absolute atomic E-state index is 8.64. The van der Waals surface area contributed by atoms with E-state index in [1.54, 1.807) is 22.7 Å². The number of para-hydroxylation sites is 4. The normalized spacial score (nSPS) is 10.8. The molecular formula is C56H40ClCs2N7O3S2. The zero-order valence-corrected chi connectivity index (χ0v) is 53.6. The fourth-order valence-corrected chi connectivity index (χ4v) is 9.58.